The van der Waals surface area contributed by atoms with Crippen molar-refractivity contribution in [2.24, 2.45) is 5.10 Å². The molecule has 1 aromatic rings. The summed E-state index contributed by atoms with van der Waals surface area (Å²) in [7, 11) is 0. The monoisotopic (exact) mass is 234 g/mol. The number of pyridine rings is 1. The molecule has 0 aromatic carbocycles. The molecule has 0 aliphatic carbocycles. The van der Waals surface area contributed by atoms with E-state index in [0.29, 0.717) is 5.71 Å². The van der Waals surface area contributed by atoms with Crippen molar-refractivity contribution in [3.63, 3.8) is 0 Å². The van der Waals surface area contributed by atoms with Gasteiger partial charge in [-0.25, -0.2) is 5.43 Å². The normalized spacial score (nSPS) is 9.29. The van der Waals surface area contributed by atoms with Crippen molar-refractivity contribution in [2.75, 3.05) is 0 Å². The van der Waals surface area contributed by atoms with Crippen LogP contribution in [0, 0.1) is 0 Å². The van der Waals surface area contributed by atoms with E-state index in [-0.39, 0.29) is 6.54 Å². The summed E-state index contributed by atoms with van der Waals surface area (Å²) in [6, 6.07) is 3.51. The first-order valence-corrected chi connectivity index (χ1v) is 5.07. The predicted molar refractivity (Wildman–Crippen MR) is 63.0 cm³/mol. The van der Waals surface area contributed by atoms with Gasteiger partial charge in [0.2, 0.25) is 0 Å². The molecule has 1 aromatic heterocycles. The van der Waals surface area contributed by atoms with Crippen molar-refractivity contribution in [1.29, 1.82) is 0 Å². The summed E-state index contributed by atoms with van der Waals surface area (Å²) in [5, 5.41) is 6.12. The Hall–Kier alpha value is -2.24. The standard InChI is InChI=1S/C11H14N4O2/c1-8(2)14-15-11(17)10(16)13-7-9-3-5-12-6-4-9/h3-6H,7H2,1-2H3,(H,13,16)(H,15,17). The van der Waals surface area contributed by atoms with Gasteiger partial charge in [-0.1, -0.05) is 0 Å². The van der Waals surface area contributed by atoms with Crippen LogP contribution >= 0.6 is 0 Å². The molecule has 17 heavy (non-hydrogen) atoms. The van der Waals surface area contributed by atoms with Gasteiger partial charge in [-0.15, -0.1) is 0 Å². The summed E-state index contributed by atoms with van der Waals surface area (Å²) in [5.41, 5.74) is 3.68. The molecule has 0 radical (unpaired) electrons. The summed E-state index contributed by atoms with van der Waals surface area (Å²) < 4.78 is 0. The van der Waals surface area contributed by atoms with Gasteiger partial charge in [0.05, 0.1) is 0 Å². The van der Waals surface area contributed by atoms with Gasteiger partial charge in [-0.2, -0.15) is 5.10 Å². The average molecular weight is 234 g/mol. The van der Waals surface area contributed by atoms with Crippen LogP contribution in [0.1, 0.15) is 19.4 Å². The van der Waals surface area contributed by atoms with Crippen LogP contribution in [-0.2, 0) is 16.1 Å². The van der Waals surface area contributed by atoms with Crippen LogP contribution in [0.25, 0.3) is 0 Å². The second-order valence-corrected chi connectivity index (χ2v) is 3.54. The Morgan fingerprint density at radius 2 is 1.88 bits per heavy atom. The molecular formula is C11H14N4O2. The predicted octanol–water partition coefficient (Wildman–Crippen LogP) is 0.210. The van der Waals surface area contributed by atoms with E-state index in [4.69, 9.17) is 0 Å². The van der Waals surface area contributed by atoms with Crippen molar-refractivity contribution >= 4 is 17.5 Å². The number of carbonyl (C=O) groups excluding carboxylic acids is 2. The van der Waals surface area contributed by atoms with Crippen LogP contribution in [0.5, 0.6) is 0 Å². The number of aromatic nitrogens is 1. The Balaban J connectivity index is 2.40. The van der Waals surface area contributed by atoms with Crippen molar-refractivity contribution < 1.29 is 9.59 Å². The van der Waals surface area contributed by atoms with E-state index in [9.17, 15) is 9.59 Å². The maximum absolute atomic E-state index is 11.3. The quantitative estimate of drug-likeness (QED) is 0.445. The summed E-state index contributed by atoms with van der Waals surface area (Å²) in [5.74, 6) is -1.49. The van der Waals surface area contributed by atoms with Gasteiger partial charge < -0.3 is 5.32 Å². The minimum atomic E-state index is -0.778. The third-order valence-electron chi connectivity index (χ3n) is 1.79. The number of hydrazone groups is 1. The van der Waals surface area contributed by atoms with Gasteiger partial charge in [0, 0.05) is 24.7 Å². The fourth-order valence-electron chi connectivity index (χ4n) is 0.977. The van der Waals surface area contributed by atoms with Crippen molar-refractivity contribution in [1.82, 2.24) is 15.7 Å². The summed E-state index contributed by atoms with van der Waals surface area (Å²) >= 11 is 0. The average Bonchev–Trinajstić information content (AvgIpc) is 2.34. The van der Waals surface area contributed by atoms with Gasteiger partial charge in [-0.05, 0) is 31.5 Å². The van der Waals surface area contributed by atoms with Crippen LogP contribution in [0.2, 0.25) is 0 Å². The van der Waals surface area contributed by atoms with Gasteiger partial charge >= 0.3 is 11.8 Å². The van der Waals surface area contributed by atoms with Crippen LogP contribution in [0.3, 0.4) is 0 Å². The maximum Gasteiger partial charge on any atom is 0.329 e. The SMILES string of the molecule is CC(C)=NNC(=O)C(=O)NCc1ccncc1. The molecule has 0 aliphatic rings. The van der Waals surface area contributed by atoms with E-state index < -0.39 is 11.8 Å². The fourth-order valence-corrected chi connectivity index (χ4v) is 0.977. The molecule has 1 rings (SSSR count). The first-order chi connectivity index (χ1) is 8.09. The van der Waals surface area contributed by atoms with Crippen LogP contribution in [0.4, 0.5) is 0 Å². The molecule has 2 N–H and O–H groups in total. The minimum Gasteiger partial charge on any atom is -0.344 e. The number of nitrogens with one attached hydrogen (secondary N) is 2. The maximum atomic E-state index is 11.3. The van der Waals surface area contributed by atoms with E-state index in [1.165, 1.54) is 0 Å². The molecule has 2 amide bonds. The Bertz CT molecular complexity index is 424. The molecule has 90 valence electrons. The molecule has 6 nitrogen and oxygen atoms in total. The Morgan fingerprint density at radius 1 is 1.24 bits per heavy atom. The number of hydrogen-bond donors (Lipinski definition) is 2. The van der Waals surface area contributed by atoms with E-state index >= 15 is 0 Å². The van der Waals surface area contributed by atoms with Crippen LogP contribution < -0.4 is 10.7 Å². The molecule has 0 bridgehead atoms. The largest absolute Gasteiger partial charge is 0.344 e. The number of carbonyl (C=O) groups is 2. The zero-order chi connectivity index (χ0) is 12.7. The molecular weight excluding hydrogens is 220 g/mol. The van der Waals surface area contributed by atoms with Gasteiger partial charge in [0.15, 0.2) is 0 Å². The fraction of sp³-hybridized carbons (Fsp3) is 0.273. The topological polar surface area (TPSA) is 83.5 Å². The molecule has 0 aliphatic heterocycles. The van der Waals surface area contributed by atoms with Gasteiger partial charge in [0.25, 0.3) is 0 Å². The van der Waals surface area contributed by atoms with Crippen molar-refractivity contribution in [3.05, 3.63) is 30.1 Å². The molecule has 0 unspecified atom stereocenters. The highest BCUT2D eigenvalue weighted by Gasteiger charge is 2.11. The lowest BCUT2D eigenvalue weighted by Crippen LogP contribution is -2.37. The van der Waals surface area contributed by atoms with Gasteiger partial charge in [0.1, 0.15) is 0 Å². The molecule has 1 heterocycles. The van der Waals surface area contributed by atoms with E-state index in [1.807, 2.05) is 0 Å². The Kier molecular flexibility index (Phi) is 4.80. The van der Waals surface area contributed by atoms with Crippen molar-refractivity contribution in [3.8, 4) is 0 Å². The highest BCUT2D eigenvalue weighted by atomic mass is 16.2. The Morgan fingerprint density at radius 3 is 2.47 bits per heavy atom. The van der Waals surface area contributed by atoms with Crippen LogP contribution in [0.15, 0.2) is 29.6 Å². The van der Waals surface area contributed by atoms with E-state index in [0.717, 1.165) is 5.56 Å². The highest BCUT2D eigenvalue weighted by Crippen LogP contribution is 1.94. The van der Waals surface area contributed by atoms with Crippen molar-refractivity contribution in [2.45, 2.75) is 20.4 Å². The summed E-state index contributed by atoms with van der Waals surface area (Å²) in [6.45, 7) is 3.72. The zero-order valence-corrected chi connectivity index (χ0v) is 9.73. The molecule has 0 fully saturated rings. The molecule has 0 spiro atoms. The third-order valence-corrected chi connectivity index (χ3v) is 1.79. The van der Waals surface area contributed by atoms with E-state index in [2.05, 4.69) is 20.8 Å². The first-order valence-electron chi connectivity index (χ1n) is 5.07. The minimum absolute atomic E-state index is 0.281. The molecule has 0 atom stereocenters. The molecule has 6 heteroatoms. The molecule has 0 saturated carbocycles. The zero-order valence-electron chi connectivity index (χ0n) is 9.73. The smallest absolute Gasteiger partial charge is 0.329 e. The van der Waals surface area contributed by atoms with Gasteiger partial charge in [-0.3, -0.25) is 14.6 Å². The molecule has 0 saturated heterocycles. The van der Waals surface area contributed by atoms with Crippen LogP contribution in [-0.4, -0.2) is 22.5 Å². The highest BCUT2D eigenvalue weighted by molar-refractivity contribution is 6.35. The number of rotatable bonds is 3. The van der Waals surface area contributed by atoms with E-state index in [1.54, 1.807) is 38.4 Å². The first kappa shape index (κ1) is 12.8. The lowest BCUT2D eigenvalue weighted by molar-refractivity contribution is -0.139. The summed E-state index contributed by atoms with van der Waals surface area (Å²) in [4.78, 5) is 26.4. The summed E-state index contributed by atoms with van der Waals surface area (Å²) in [6.07, 6.45) is 3.23. The lowest BCUT2D eigenvalue weighted by Gasteiger charge is -2.03. The Labute approximate surface area is 99.1 Å². The number of hydrogen-bond acceptors (Lipinski definition) is 4. The third kappa shape index (κ3) is 4.87. The lowest BCUT2D eigenvalue weighted by atomic mass is 10.3. The second kappa shape index (κ2) is 6.37. The number of nitrogens with zero attached hydrogens (tertiary/aromatic N) is 2. The number of amides is 2. The second-order valence-electron chi connectivity index (χ2n) is 3.54.